The molecule has 148 valence electrons. The summed E-state index contributed by atoms with van der Waals surface area (Å²) in [5, 5.41) is 5.90. The highest BCUT2D eigenvalue weighted by atomic mass is 16.5. The number of carbonyl (C=O) groups excluding carboxylic acids is 2. The van der Waals surface area contributed by atoms with Crippen molar-refractivity contribution in [2.45, 2.75) is 19.4 Å². The highest BCUT2D eigenvalue weighted by molar-refractivity contribution is 6.04. The van der Waals surface area contributed by atoms with Crippen LogP contribution in [0.25, 0.3) is 0 Å². The van der Waals surface area contributed by atoms with Crippen LogP contribution >= 0.6 is 0 Å². The van der Waals surface area contributed by atoms with Crippen molar-refractivity contribution in [2.24, 2.45) is 0 Å². The molecule has 0 bridgehead atoms. The van der Waals surface area contributed by atoms with Crippen molar-refractivity contribution in [3.63, 3.8) is 0 Å². The second kappa shape index (κ2) is 9.55. The fourth-order valence-electron chi connectivity index (χ4n) is 3.02. The van der Waals surface area contributed by atoms with Crippen molar-refractivity contribution in [1.82, 2.24) is 5.32 Å². The Morgan fingerprint density at radius 2 is 1.69 bits per heavy atom. The molecular weight excluding hydrogens is 364 g/mol. The van der Waals surface area contributed by atoms with E-state index in [9.17, 15) is 9.59 Å². The fraction of sp³-hybridized carbons (Fsp3) is 0.167. The molecule has 0 saturated heterocycles. The van der Waals surface area contributed by atoms with Crippen molar-refractivity contribution >= 4 is 17.5 Å². The summed E-state index contributed by atoms with van der Waals surface area (Å²) < 4.78 is 5.20. The molecule has 1 unspecified atom stereocenters. The van der Waals surface area contributed by atoms with Crippen molar-refractivity contribution in [3.05, 3.63) is 95.6 Å². The van der Waals surface area contributed by atoms with Crippen LogP contribution in [0.3, 0.4) is 0 Å². The molecule has 2 amide bonds. The number of amides is 2. The van der Waals surface area contributed by atoms with Crippen molar-refractivity contribution in [1.29, 1.82) is 0 Å². The number of ether oxygens (including phenoxy) is 1. The summed E-state index contributed by atoms with van der Waals surface area (Å²) >= 11 is 0. The van der Waals surface area contributed by atoms with Crippen LogP contribution in [0.15, 0.2) is 78.9 Å². The third kappa shape index (κ3) is 5.69. The van der Waals surface area contributed by atoms with E-state index in [2.05, 4.69) is 10.6 Å². The minimum absolute atomic E-state index is 0.0792. The minimum Gasteiger partial charge on any atom is -0.497 e. The molecule has 0 radical (unpaired) electrons. The molecule has 29 heavy (non-hydrogen) atoms. The molecule has 5 nitrogen and oxygen atoms in total. The third-order valence-corrected chi connectivity index (χ3v) is 4.56. The van der Waals surface area contributed by atoms with Crippen LogP contribution in [-0.2, 0) is 11.2 Å². The topological polar surface area (TPSA) is 67.4 Å². The summed E-state index contributed by atoms with van der Waals surface area (Å²) in [5.74, 6) is 0.479. The Hall–Kier alpha value is -3.60. The zero-order chi connectivity index (χ0) is 20.6. The van der Waals surface area contributed by atoms with Crippen LogP contribution in [0, 0.1) is 0 Å². The maximum absolute atomic E-state index is 12.4. The van der Waals surface area contributed by atoms with Crippen molar-refractivity contribution < 1.29 is 14.3 Å². The van der Waals surface area contributed by atoms with Crippen LogP contribution in [0.4, 0.5) is 5.69 Å². The molecule has 5 heteroatoms. The predicted molar refractivity (Wildman–Crippen MR) is 114 cm³/mol. The van der Waals surface area contributed by atoms with Crippen molar-refractivity contribution in [2.75, 3.05) is 12.4 Å². The van der Waals surface area contributed by atoms with Gasteiger partial charge in [-0.2, -0.15) is 0 Å². The summed E-state index contributed by atoms with van der Waals surface area (Å²) in [6.45, 7) is 1.92. The number of carbonyl (C=O) groups is 2. The van der Waals surface area contributed by atoms with Gasteiger partial charge in [0.1, 0.15) is 5.75 Å². The normalized spacial score (nSPS) is 11.4. The van der Waals surface area contributed by atoms with E-state index in [4.69, 9.17) is 4.74 Å². The first-order chi connectivity index (χ1) is 14.0. The Balaban J connectivity index is 1.62. The lowest BCUT2D eigenvalue weighted by atomic mass is 10.1. The molecule has 0 fully saturated rings. The van der Waals surface area contributed by atoms with E-state index >= 15 is 0 Å². The van der Waals surface area contributed by atoms with E-state index in [1.807, 2.05) is 73.7 Å². The van der Waals surface area contributed by atoms with Crippen LogP contribution in [-0.4, -0.2) is 18.9 Å². The Kier molecular flexibility index (Phi) is 6.63. The molecule has 0 aliphatic rings. The van der Waals surface area contributed by atoms with E-state index in [1.54, 1.807) is 19.2 Å². The molecule has 0 aliphatic carbocycles. The summed E-state index contributed by atoms with van der Waals surface area (Å²) in [7, 11) is 1.60. The first-order valence-corrected chi connectivity index (χ1v) is 9.44. The van der Waals surface area contributed by atoms with Crippen LogP contribution in [0.1, 0.15) is 34.5 Å². The van der Waals surface area contributed by atoms with Gasteiger partial charge in [-0.15, -0.1) is 0 Å². The summed E-state index contributed by atoms with van der Waals surface area (Å²) in [6.07, 6.45) is 0.270. The maximum Gasteiger partial charge on any atom is 0.255 e. The highest BCUT2D eigenvalue weighted by Gasteiger charge is 2.12. The Morgan fingerprint density at radius 1 is 0.931 bits per heavy atom. The Morgan fingerprint density at radius 3 is 2.45 bits per heavy atom. The largest absolute Gasteiger partial charge is 0.497 e. The molecule has 0 saturated carbocycles. The summed E-state index contributed by atoms with van der Waals surface area (Å²) in [6, 6.07) is 23.8. The van der Waals surface area contributed by atoms with Gasteiger partial charge in [0.05, 0.1) is 19.6 Å². The van der Waals surface area contributed by atoms with E-state index in [1.165, 1.54) is 0 Å². The number of hydrogen-bond donors (Lipinski definition) is 2. The molecule has 0 aliphatic heterocycles. The quantitative estimate of drug-likeness (QED) is 0.632. The van der Waals surface area contributed by atoms with Crippen LogP contribution in [0.5, 0.6) is 5.75 Å². The second-order valence-corrected chi connectivity index (χ2v) is 6.76. The lowest BCUT2D eigenvalue weighted by molar-refractivity contribution is -0.121. The molecule has 0 aromatic heterocycles. The Labute approximate surface area is 170 Å². The molecule has 0 heterocycles. The molecule has 3 aromatic rings. The van der Waals surface area contributed by atoms with E-state index in [0.717, 1.165) is 16.9 Å². The van der Waals surface area contributed by atoms with Crippen molar-refractivity contribution in [3.8, 4) is 5.75 Å². The second-order valence-electron chi connectivity index (χ2n) is 6.76. The van der Waals surface area contributed by atoms with Gasteiger partial charge >= 0.3 is 0 Å². The first kappa shape index (κ1) is 20.1. The molecule has 3 aromatic carbocycles. The monoisotopic (exact) mass is 388 g/mol. The number of methoxy groups -OCH3 is 1. The van der Waals surface area contributed by atoms with Gasteiger partial charge in [-0.3, -0.25) is 9.59 Å². The van der Waals surface area contributed by atoms with Gasteiger partial charge in [0.25, 0.3) is 5.91 Å². The first-order valence-electron chi connectivity index (χ1n) is 9.44. The number of benzene rings is 3. The molecule has 2 N–H and O–H groups in total. The zero-order valence-electron chi connectivity index (χ0n) is 16.5. The lowest BCUT2D eigenvalue weighted by Crippen LogP contribution is -2.28. The lowest BCUT2D eigenvalue weighted by Gasteiger charge is -2.16. The van der Waals surface area contributed by atoms with E-state index < -0.39 is 0 Å². The average molecular weight is 388 g/mol. The average Bonchev–Trinajstić information content (AvgIpc) is 2.74. The van der Waals surface area contributed by atoms with E-state index in [-0.39, 0.29) is 24.3 Å². The minimum atomic E-state index is -0.193. The van der Waals surface area contributed by atoms with Gasteiger partial charge in [0.2, 0.25) is 5.91 Å². The molecule has 0 spiro atoms. The predicted octanol–water partition coefficient (Wildman–Crippen LogP) is 4.37. The third-order valence-electron chi connectivity index (χ3n) is 4.56. The van der Waals surface area contributed by atoms with Gasteiger partial charge in [-0.05, 0) is 54.4 Å². The molecular formula is C24H24N2O3. The standard InChI is InChI=1S/C24H24N2O3/c1-17(25-23(27)15-18-8-6-13-22(14-18)29-2)20-11-7-12-21(16-20)26-24(28)19-9-4-3-5-10-19/h3-14,16-17H,15H2,1-2H3,(H,25,27)(H,26,28). The fourth-order valence-corrected chi connectivity index (χ4v) is 3.02. The van der Waals surface area contributed by atoms with Gasteiger partial charge < -0.3 is 15.4 Å². The zero-order valence-corrected chi connectivity index (χ0v) is 16.5. The number of anilines is 1. The highest BCUT2D eigenvalue weighted by Crippen LogP contribution is 2.19. The van der Waals surface area contributed by atoms with E-state index in [0.29, 0.717) is 11.3 Å². The smallest absolute Gasteiger partial charge is 0.255 e. The number of hydrogen-bond acceptors (Lipinski definition) is 3. The molecule has 1 atom stereocenters. The van der Waals surface area contributed by atoms with Gasteiger partial charge in [0, 0.05) is 11.3 Å². The number of nitrogens with one attached hydrogen (secondary N) is 2. The SMILES string of the molecule is COc1cccc(CC(=O)NC(C)c2cccc(NC(=O)c3ccccc3)c2)c1. The molecule has 3 rings (SSSR count). The van der Waals surface area contributed by atoms with Gasteiger partial charge in [-0.1, -0.05) is 42.5 Å². The summed E-state index contributed by atoms with van der Waals surface area (Å²) in [4.78, 5) is 24.8. The Bertz CT molecular complexity index is 986. The van der Waals surface area contributed by atoms with Crippen LogP contribution in [0.2, 0.25) is 0 Å². The summed E-state index contributed by atoms with van der Waals surface area (Å²) in [5.41, 5.74) is 3.08. The van der Waals surface area contributed by atoms with Crippen LogP contribution < -0.4 is 15.4 Å². The van der Waals surface area contributed by atoms with Gasteiger partial charge in [0.15, 0.2) is 0 Å². The van der Waals surface area contributed by atoms with Gasteiger partial charge in [-0.25, -0.2) is 0 Å². The maximum atomic E-state index is 12.4. The number of rotatable bonds is 7.